The zero-order valence-electron chi connectivity index (χ0n) is 12.0. The van der Waals surface area contributed by atoms with E-state index in [-0.39, 0.29) is 0 Å². The number of hydrogen-bond acceptors (Lipinski definition) is 4. The van der Waals surface area contributed by atoms with E-state index in [0.717, 1.165) is 38.1 Å². The Morgan fingerprint density at radius 3 is 3.25 bits per heavy atom. The molecule has 0 spiro atoms. The van der Waals surface area contributed by atoms with Gasteiger partial charge in [0.25, 0.3) is 0 Å². The Morgan fingerprint density at radius 2 is 2.45 bits per heavy atom. The van der Waals surface area contributed by atoms with Gasteiger partial charge in [-0.05, 0) is 25.8 Å². The van der Waals surface area contributed by atoms with Crippen molar-refractivity contribution in [3.63, 3.8) is 0 Å². The molecule has 0 aromatic carbocycles. The Labute approximate surface area is 119 Å². The molecule has 5 nitrogen and oxygen atoms in total. The molecule has 1 fully saturated rings. The molecule has 0 radical (unpaired) electrons. The molecule has 2 aromatic rings. The molecule has 0 amide bonds. The molecule has 1 aliphatic rings. The maximum atomic E-state index is 5.67. The van der Waals surface area contributed by atoms with E-state index in [4.69, 9.17) is 4.74 Å². The first-order valence-electron chi connectivity index (χ1n) is 7.48. The van der Waals surface area contributed by atoms with Crippen molar-refractivity contribution >= 4 is 5.52 Å². The van der Waals surface area contributed by atoms with Crippen molar-refractivity contribution in [3.8, 4) is 0 Å². The molecule has 1 N–H and O–H groups in total. The van der Waals surface area contributed by atoms with E-state index in [1.165, 1.54) is 12.0 Å². The smallest absolute Gasteiger partial charge is 0.0892 e. The predicted octanol–water partition coefficient (Wildman–Crippen LogP) is 2.20. The Morgan fingerprint density at radius 1 is 1.50 bits per heavy atom. The van der Waals surface area contributed by atoms with Crippen LogP contribution in [0.15, 0.2) is 24.8 Å². The Kier molecular flexibility index (Phi) is 4.28. The molecule has 1 aliphatic heterocycles. The average Bonchev–Trinajstić information content (AvgIpc) is 2.93. The van der Waals surface area contributed by atoms with Crippen LogP contribution >= 0.6 is 0 Å². The topological polar surface area (TPSA) is 51.5 Å². The van der Waals surface area contributed by atoms with Crippen LogP contribution in [0.2, 0.25) is 0 Å². The standard InChI is InChI=1S/C15H22N4O/c1-2-5-17-15(12-4-3-8-20-11-12)13-9-18-19-7-6-16-10-14(13)19/h6-7,9-10,12,15,17H,2-5,8,11H2,1H3. The van der Waals surface area contributed by atoms with Crippen LogP contribution in [0.1, 0.15) is 37.8 Å². The van der Waals surface area contributed by atoms with Crippen molar-refractivity contribution in [3.05, 3.63) is 30.4 Å². The van der Waals surface area contributed by atoms with Gasteiger partial charge in [0.05, 0.1) is 24.5 Å². The van der Waals surface area contributed by atoms with Gasteiger partial charge in [0.2, 0.25) is 0 Å². The highest BCUT2D eigenvalue weighted by Crippen LogP contribution is 2.31. The van der Waals surface area contributed by atoms with Crippen LogP contribution in [0.3, 0.4) is 0 Å². The van der Waals surface area contributed by atoms with Gasteiger partial charge in [0.1, 0.15) is 0 Å². The van der Waals surface area contributed by atoms with E-state index in [1.807, 2.05) is 23.1 Å². The lowest BCUT2D eigenvalue weighted by Crippen LogP contribution is -2.33. The van der Waals surface area contributed by atoms with Crippen LogP contribution in [-0.2, 0) is 4.74 Å². The summed E-state index contributed by atoms with van der Waals surface area (Å²) >= 11 is 0. The lowest BCUT2D eigenvalue weighted by atomic mass is 9.89. The van der Waals surface area contributed by atoms with Gasteiger partial charge < -0.3 is 10.1 Å². The molecule has 20 heavy (non-hydrogen) atoms. The Balaban J connectivity index is 1.90. The minimum absolute atomic E-state index is 0.303. The van der Waals surface area contributed by atoms with Gasteiger partial charge in [-0.15, -0.1) is 0 Å². The summed E-state index contributed by atoms with van der Waals surface area (Å²) in [6, 6.07) is 0.303. The minimum atomic E-state index is 0.303. The van der Waals surface area contributed by atoms with Crippen LogP contribution in [-0.4, -0.2) is 34.4 Å². The van der Waals surface area contributed by atoms with E-state index in [1.54, 1.807) is 6.20 Å². The van der Waals surface area contributed by atoms with Crippen molar-refractivity contribution in [2.45, 2.75) is 32.2 Å². The molecule has 0 bridgehead atoms. The van der Waals surface area contributed by atoms with Gasteiger partial charge >= 0.3 is 0 Å². The number of nitrogens with one attached hydrogen (secondary N) is 1. The summed E-state index contributed by atoms with van der Waals surface area (Å²) < 4.78 is 7.57. The number of fused-ring (bicyclic) bond motifs is 1. The molecule has 0 saturated carbocycles. The van der Waals surface area contributed by atoms with Crippen LogP contribution in [0.5, 0.6) is 0 Å². The molecular weight excluding hydrogens is 252 g/mol. The molecule has 108 valence electrons. The SMILES string of the molecule is CCCNC(c1cnn2ccncc12)C1CCCOC1. The normalized spacial score (nSPS) is 21.1. The summed E-state index contributed by atoms with van der Waals surface area (Å²) in [7, 11) is 0. The van der Waals surface area contributed by atoms with E-state index in [9.17, 15) is 0 Å². The van der Waals surface area contributed by atoms with Crippen LogP contribution < -0.4 is 5.32 Å². The van der Waals surface area contributed by atoms with Crippen molar-refractivity contribution < 1.29 is 4.74 Å². The number of nitrogens with zero attached hydrogens (tertiary/aromatic N) is 3. The van der Waals surface area contributed by atoms with Crippen molar-refractivity contribution in [1.29, 1.82) is 0 Å². The van der Waals surface area contributed by atoms with Crippen LogP contribution in [0, 0.1) is 5.92 Å². The van der Waals surface area contributed by atoms with E-state index in [2.05, 4.69) is 22.3 Å². The third-order valence-electron chi connectivity index (χ3n) is 3.97. The van der Waals surface area contributed by atoms with Gasteiger partial charge in [-0.2, -0.15) is 5.10 Å². The third-order valence-corrected chi connectivity index (χ3v) is 3.97. The fourth-order valence-electron chi connectivity index (χ4n) is 2.95. The largest absolute Gasteiger partial charge is 0.381 e. The fraction of sp³-hybridized carbons (Fsp3) is 0.600. The highest BCUT2D eigenvalue weighted by molar-refractivity contribution is 5.53. The molecule has 2 aromatic heterocycles. The molecular formula is C15H22N4O. The monoisotopic (exact) mass is 274 g/mol. The van der Waals surface area contributed by atoms with Gasteiger partial charge in [0.15, 0.2) is 0 Å². The van der Waals surface area contributed by atoms with Gasteiger partial charge in [-0.25, -0.2) is 4.52 Å². The van der Waals surface area contributed by atoms with Gasteiger partial charge in [0, 0.05) is 36.5 Å². The van der Waals surface area contributed by atoms with Gasteiger partial charge in [-0.1, -0.05) is 6.92 Å². The molecule has 2 unspecified atom stereocenters. The maximum Gasteiger partial charge on any atom is 0.0892 e. The molecule has 3 heterocycles. The second-order valence-corrected chi connectivity index (χ2v) is 5.42. The molecule has 3 rings (SSSR count). The third kappa shape index (κ3) is 2.69. The quantitative estimate of drug-likeness (QED) is 0.908. The highest BCUT2D eigenvalue weighted by Gasteiger charge is 2.27. The maximum absolute atomic E-state index is 5.67. The first-order chi connectivity index (χ1) is 9.90. The summed E-state index contributed by atoms with van der Waals surface area (Å²) in [5.74, 6) is 0.517. The number of hydrogen-bond donors (Lipinski definition) is 1. The van der Waals surface area contributed by atoms with Crippen molar-refractivity contribution in [2.24, 2.45) is 5.92 Å². The van der Waals surface area contributed by atoms with Crippen molar-refractivity contribution in [2.75, 3.05) is 19.8 Å². The van der Waals surface area contributed by atoms with E-state index >= 15 is 0 Å². The number of aromatic nitrogens is 3. The number of ether oxygens (including phenoxy) is 1. The molecule has 5 heteroatoms. The van der Waals surface area contributed by atoms with E-state index < -0.39 is 0 Å². The summed E-state index contributed by atoms with van der Waals surface area (Å²) in [4.78, 5) is 4.23. The first-order valence-corrected chi connectivity index (χ1v) is 7.48. The summed E-state index contributed by atoms with van der Waals surface area (Å²) in [5, 5.41) is 8.11. The van der Waals surface area contributed by atoms with Crippen LogP contribution in [0.4, 0.5) is 0 Å². The molecule has 2 atom stereocenters. The predicted molar refractivity (Wildman–Crippen MR) is 77.6 cm³/mol. The van der Waals surface area contributed by atoms with Crippen molar-refractivity contribution in [1.82, 2.24) is 19.9 Å². The van der Waals surface area contributed by atoms with Gasteiger partial charge in [-0.3, -0.25) is 4.98 Å². The zero-order chi connectivity index (χ0) is 13.8. The molecule has 1 saturated heterocycles. The zero-order valence-corrected chi connectivity index (χ0v) is 12.0. The summed E-state index contributed by atoms with van der Waals surface area (Å²) in [5.41, 5.74) is 2.33. The summed E-state index contributed by atoms with van der Waals surface area (Å²) in [6.45, 7) is 4.93. The Bertz CT molecular complexity index is 548. The van der Waals surface area contributed by atoms with Crippen LogP contribution in [0.25, 0.3) is 5.52 Å². The minimum Gasteiger partial charge on any atom is -0.381 e. The highest BCUT2D eigenvalue weighted by atomic mass is 16.5. The second-order valence-electron chi connectivity index (χ2n) is 5.42. The summed E-state index contributed by atoms with van der Waals surface area (Å²) in [6.07, 6.45) is 11.0. The fourth-order valence-corrected chi connectivity index (χ4v) is 2.95. The second kappa shape index (κ2) is 6.33. The first kappa shape index (κ1) is 13.5. The lowest BCUT2D eigenvalue weighted by molar-refractivity contribution is 0.0392. The molecule has 0 aliphatic carbocycles. The Hall–Kier alpha value is -1.46. The number of rotatable bonds is 5. The lowest BCUT2D eigenvalue weighted by Gasteiger charge is -2.30. The van der Waals surface area contributed by atoms with E-state index in [0.29, 0.717) is 12.0 Å². The average molecular weight is 274 g/mol.